The van der Waals surface area contributed by atoms with Crippen molar-refractivity contribution in [3.8, 4) is 0 Å². The Bertz CT molecular complexity index is 319. The molecule has 0 unspecified atom stereocenters. The van der Waals surface area contributed by atoms with Crippen molar-refractivity contribution in [1.82, 2.24) is 0 Å². The Hall–Kier alpha value is -1.10. The summed E-state index contributed by atoms with van der Waals surface area (Å²) >= 11 is 0. The van der Waals surface area contributed by atoms with Crippen LogP contribution in [0.15, 0.2) is 30.3 Å². The van der Waals surface area contributed by atoms with Gasteiger partial charge in [-0.05, 0) is 12.5 Å². The number of hydrogen-bond acceptors (Lipinski definition) is 3. The lowest BCUT2D eigenvalue weighted by atomic mass is 10.2. The van der Waals surface area contributed by atoms with Gasteiger partial charge in [-0.25, -0.2) is 0 Å². The van der Waals surface area contributed by atoms with Gasteiger partial charge in [0.25, 0.3) is 0 Å². The van der Waals surface area contributed by atoms with E-state index in [1.807, 2.05) is 30.3 Å². The van der Waals surface area contributed by atoms with Gasteiger partial charge in [0.1, 0.15) is 6.04 Å². The summed E-state index contributed by atoms with van der Waals surface area (Å²) in [4.78, 5) is 10.8. The van der Waals surface area contributed by atoms with E-state index in [9.17, 15) is 4.79 Å². The van der Waals surface area contributed by atoms with Gasteiger partial charge in [0.05, 0.1) is 12.7 Å². The van der Waals surface area contributed by atoms with Crippen molar-refractivity contribution in [1.29, 1.82) is 0 Å². The highest BCUT2D eigenvalue weighted by molar-refractivity contribution is 5.85. The van der Waals surface area contributed by atoms with Crippen LogP contribution in [0.1, 0.15) is 12.5 Å². The van der Waals surface area contributed by atoms with Crippen LogP contribution < -0.4 is 11.5 Å². The van der Waals surface area contributed by atoms with Crippen molar-refractivity contribution in [2.45, 2.75) is 25.7 Å². The van der Waals surface area contributed by atoms with E-state index in [1.54, 1.807) is 6.92 Å². The molecule has 4 N–H and O–H groups in total. The predicted octanol–water partition coefficient (Wildman–Crippen LogP) is 0.826. The molecule has 0 aromatic heterocycles. The number of primary amides is 1. The lowest BCUT2D eigenvalue weighted by molar-refractivity contribution is -0.122. The van der Waals surface area contributed by atoms with Crippen molar-refractivity contribution in [3.63, 3.8) is 0 Å². The smallest absolute Gasteiger partial charge is 0.237 e. The molecule has 90 valence electrons. The van der Waals surface area contributed by atoms with E-state index < -0.39 is 11.9 Å². The highest BCUT2D eigenvalue weighted by Gasteiger charge is 2.18. The summed E-state index contributed by atoms with van der Waals surface area (Å²) in [6, 6.07) is 8.93. The quantitative estimate of drug-likeness (QED) is 0.805. The summed E-state index contributed by atoms with van der Waals surface area (Å²) in [7, 11) is 0. The summed E-state index contributed by atoms with van der Waals surface area (Å²) in [6.45, 7) is 2.17. The van der Waals surface area contributed by atoms with E-state index in [2.05, 4.69) is 0 Å². The fraction of sp³-hybridized carbons (Fsp3) is 0.364. The van der Waals surface area contributed by atoms with Crippen LogP contribution in [0.5, 0.6) is 0 Å². The standard InChI is InChI=1S/C11H16N2O2.ClH/c1-8(10(12)11(13)14)15-7-9-5-3-2-4-6-9;/h2-6,8,10H,7,12H2,1H3,(H2,13,14);1H/t8-,10+;/m0./s1. The Labute approximate surface area is 101 Å². The molecule has 0 aliphatic heterocycles. The minimum absolute atomic E-state index is 0. The van der Waals surface area contributed by atoms with Gasteiger partial charge in [-0.1, -0.05) is 30.3 Å². The first kappa shape index (κ1) is 14.9. The summed E-state index contributed by atoms with van der Waals surface area (Å²) < 4.78 is 5.43. The van der Waals surface area contributed by atoms with Crippen molar-refractivity contribution >= 4 is 18.3 Å². The average molecular weight is 245 g/mol. The predicted molar refractivity (Wildman–Crippen MR) is 65.1 cm³/mol. The fourth-order valence-corrected chi connectivity index (χ4v) is 1.14. The number of halogens is 1. The van der Waals surface area contributed by atoms with Gasteiger partial charge in [0.15, 0.2) is 0 Å². The van der Waals surface area contributed by atoms with Gasteiger partial charge in [0, 0.05) is 0 Å². The summed E-state index contributed by atoms with van der Waals surface area (Å²) in [5.74, 6) is -0.546. The molecule has 0 aliphatic carbocycles. The minimum Gasteiger partial charge on any atom is -0.372 e. The third kappa shape index (κ3) is 4.61. The largest absolute Gasteiger partial charge is 0.372 e. The number of benzene rings is 1. The summed E-state index contributed by atoms with van der Waals surface area (Å²) in [5, 5.41) is 0. The topological polar surface area (TPSA) is 78.3 Å². The molecule has 0 aliphatic rings. The lowest BCUT2D eigenvalue weighted by Gasteiger charge is -2.17. The first-order valence-electron chi connectivity index (χ1n) is 4.81. The number of amides is 1. The zero-order valence-corrected chi connectivity index (χ0v) is 9.94. The van der Waals surface area contributed by atoms with Gasteiger partial charge in [-0.2, -0.15) is 0 Å². The first-order valence-corrected chi connectivity index (χ1v) is 4.81. The molecule has 0 bridgehead atoms. The molecule has 5 heteroatoms. The van der Waals surface area contributed by atoms with Crippen molar-refractivity contribution in [3.05, 3.63) is 35.9 Å². The van der Waals surface area contributed by atoms with E-state index >= 15 is 0 Å². The summed E-state index contributed by atoms with van der Waals surface area (Å²) in [6.07, 6.45) is -0.372. The Balaban J connectivity index is 0.00000225. The van der Waals surface area contributed by atoms with Gasteiger partial charge < -0.3 is 16.2 Å². The molecule has 0 heterocycles. The van der Waals surface area contributed by atoms with Crippen molar-refractivity contribution in [2.24, 2.45) is 11.5 Å². The molecule has 1 aromatic carbocycles. The molecule has 0 radical (unpaired) electrons. The summed E-state index contributed by atoms with van der Waals surface area (Å²) in [5.41, 5.74) is 11.6. The number of carbonyl (C=O) groups excluding carboxylic acids is 1. The van der Waals surface area contributed by atoms with Crippen LogP contribution in [0.3, 0.4) is 0 Å². The monoisotopic (exact) mass is 244 g/mol. The zero-order chi connectivity index (χ0) is 11.3. The van der Waals surface area contributed by atoms with Crippen LogP contribution in [0.2, 0.25) is 0 Å². The lowest BCUT2D eigenvalue weighted by Crippen LogP contribution is -2.45. The Kier molecular flexibility index (Phi) is 6.72. The molecule has 0 saturated carbocycles. The van der Waals surface area contributed by atoms with Crippen LogP contribution in [-0.2, 0) is 16.1 Å². The van der Waals surface area contributed by atoms with Crippen LogP contribution in [0, 0.1) is 0 Å². The second kappa shape index (κ2) is 7.22. The molecule has 4 nitrogen and oxygen atoms in total. The van der Waals surface area contributed by atoms with Gasteiger partial charge in [-0.15, -0.1) is 12.4 Å². The van der Waals surface area contributed by atoms with E-state index in [-0.39, 0.29) is 18.5 Å². The number of carbonyl (C=O) groups is 1. The maximum Gasteiger partial charge on any atom is 0.237 e. The van der Waals surface area contributed by atoms with Gasteiger partial charge in [-0.3, -0.25) is 4.79 Å². The van der Waals surface area contributed by atoms with Crippen LogP contribution in [0.25, 0.3) is 0 Å². The number of rotatable bonds is 5. The van der Waals surface area contributed by atoms with E-state index in [4.69, 9.17) is 16.2 Å². The molecule has 16 heavy (non-hydrogen) atoms. The Morgan fingerprint density at radius 2 is 1.94 bits per heavy atom. The SMILES string of the molecule is C[C@H](OCc1ccccc1)[C@@H](N)C(N)=O.Cl. The molecule has 0 fully saturated rings. The molecular weight excluding hydrogens is 228 g/mol. The average Bonchev–Trinajstić information content (AvgIpc) is 2.26. The highest BCUT2D eigenvalue weighted by Crippen LogP contribution is 2.04. The third-order valence-electron chi connectivity index (χ3n) is 2.19. The van der Waals surface area contributed by atoms with E-state index in [1.165, 1.54) is 0 Å². The maximum absolute atomic E-state index is 10.8. The second-order valence-electron chi connectivity index (χ2n) is 3.43. The van der Waals surface area contributed by atoms with Gasteiger partial charge >= 0.3 is 0 Å². The Morgan fingerprint density at radius 3 is 2.44 bits per heavy atom. The minimum atomic E-state index is -0.756. The molecule has 1 aromatic rings. The van der Waals surface area contributed by atoms with Crippen molar-refractivity contribution in [2.75, 3.05) is 0 Å². The number of ether oxygens (including phenoxy) is 1. The molecule has 0 spiro atoms. The number of hydrogen-bond donors (Lipinski definition) is 2. The number of nitrogens with two attached hydrogens (primary N) is 2. The maximum atomic E-state index is 10.8. The third-order valence-corrected chi connectivity index (χ3v) is 2.19. The van der Waals surface area contributed by atoms with Crippen LogP contribution in [-0.4, -0.2) is 18.1 Å². The molecule has 2 atom stereocenters. The van der Waals surface area contributed by atoms with Crippen molar-refractivity contribution < 1.29 is 9.53 Å². The molecule has 1 rings (SSSR count). The normalized spacial score (nSPS) is 13.6. The fourth-order valence-electron chi connectivity index (χ4n) is 1.14. The van der Waals surface area contributed by atoms with Crippen LogP contribution >= 0.6 is 12.4 Å². The van der Waals surface area contributed by atoms with E-state index in [0.29, 0.717) is 6.61 Å². The van der Waals surface area contributed by atoms with E-state index in [0.717, 1.165) is 5.56 Å². The van der Waals surface area contributed by atoms with Crippen LogP contribution in [0.4, 0.5) is 0 Å². The molecule has 0 saturated heterocycles. The van der Waals surface area contributed by atoms with Gasteiger partial charge in [0.2, 0.25) is 5.91 Å². The zero-order valence-electron chi connectivity index (χ0n) is 9.13. The second-order valence-corrected chi connectivity index (χ2v) is 3.43. The Morgan fingerprint density at radius 1 is 1.38 bits per heavy atom. The highest BCUT2D eigenvalue weighted by atomic mass is 35.5. The first-order chi connectivity index (χ1) is 7.11. The molecule has 1 amide bonds. The molecular formula is C11H17ClN2O2.